The Hall–Kier alpha value is -3.53. The highest BCUT2D eigenvalue weighted by molar-refractivity contribution is 5.83. The van der Waals surface area contributed by atoms with Gasteiger partial charge in [0, 0.05) is 11.1 Å². The standard InChI is InChI=1S/C22H19N3O/c1-26-19-15-9-8-14-18(19)22-24-20(16-10-4-2-5-11-16)21(25(22)23)17-12-6-3-7-13-17/h2-15H,23H2,1H3. The van der Waals surface area contributed by atoms with E-state index in [1.54, 1.807) is 11.8 Å². The third-order valence-electron chi connectivity index (χ3n) is 4.35. The Morgan fingerprint density at radius 3 is 2.00 bits per heavy atom. The first kappa shape index (κ1) is 16.0. The molecule has 0 saturated carbocycles. The highest BCUT2D eigenvalue weighted by atomic mass is 16.5. The Bertz CT molecular complexity index is 1020. The highest BCUT2D eigenvalue weighted by Gasteiger charge is 2.21. The number of methoxy groups -OCH3 is 1. The van der Waals surface area contributed by atoms with Crippen molar-refractivity contribution in [3.63, 3.8) is 0 Å². The zero-order valence-electron chi connectivity index (χ0n) is 14.5. The van der Waals surface area contributed by atoms with Crippen molar-refractivity contribution in [2.24, 2.45) is 0 Å². The van der Waals surface area contributed by atoms with Gasteiger partial charge in [-0.25, -0.2) is 9.66 Å². The second-order valence-electron chi connectivity index (χ2n) is 5.93. The first-order valence-corrected chi connectivity index (χ1v) is 8.41. The van der Waals surface area contributed by atoms with Crippen LogP contribution in [0.5, 0.6) is 5.75 Å². The third kappa shape index (κ3) is 2.71. The van der Waals surface area contributed by atoms with E-state index in [1.165, 1.54) is 0 Å². The molecule has 26 heavy (non-hydrogen) atoms. The number of nitrogen functional groups attached to an aromatic ring is 1. The fraction of sp³-hybridized carbons (Fsp3) is 0.0455. The van der Waals surface area contributed by atoms with Crippen molar-refractivity contribution in [1.29, 1.82) is 0 Å². The van der Waals surface area contributed by atoms with Gasteiger partial charge in [0.1, 0.15) is 5.75 Å². The zero-order valence-corrected chi connectivity index (χ0v) is 14.5. The van der Waals surface area contributed by atoms with Crippen molar-refractivity contribution in [2.45, 2.75) is 0 Å². The molecule has 0 spiro atoms. The number of para-hydroxylation sites is 1. The summed E-state index contributed by atoms with van der Waals surface area (Å²) in [7, 11) is 1.65. The van der Waals surface area contributed by atoms with Crippen LogP contribution in [-0.2, 0) is 0 Å². The predicted octanol–water partition coefficient (Wildman–Crippen LogP) is 4.61. The van der Waals surface area contributed by atoms with Gasteiger partial charge in [-0.3, -0.25) is 0 Å². The van der Waals surface area contributed by atoms with Gasteiger partial charge in [0.15, 0.2) is 5.82 Å². The molecule has 4 aromatic rings. The van der Waals surface area contributed by atoms with Crippen LogP contribution in [0.1, 0.15) is 0 Å². The summed E-state index contributed by atoms with van der Waals surface area (Å²) in [4.78, 5) is 4.89. The van der Waals surface area contributed by atoms with Gasteiger partial charge in [0.05, 0.1) is 24.1 Å². The Morgan fingerprint density at radius 1 is 0.769 bits per heavy atom. The van der Waals surface area contributed by atoms with E-state index < -0.39 is 0 Å². The van der Waals surface area contributed by atoms with E-state index in [0.29, 0.717) is 5.82 Å². The summed E-state index contributed by atoms with van der Waals surface area (Å²) in [5.74, 6) is 7.93. The Labute approximate surface area is 152 Å². The van der Waals surface area contributed by atoms with Crippen LogP contribution in [0.2, 0.25) is 0 Å². The number of imidazole rings is 1. The molecule has 1 aromatic heterocycles. The van der Waals surface area contributed by atoms with Crippen LogP contribution in [0.3, 0.4) is 0 Å². The van der Waals surface area contributed by atoms with Crippen molar-refractivity contribution in [1.82, 2.24) is 9.66 Å². The quantitative estimate of drug-likeness (QED) is 0.552. The second kappa shape index (κ2) is 6.76. The average molecular weight is 341 g/mol. The number of nitrogens with two attached hydrogens (primary N) is 1. The molecule has 0 fully saturated rings. The summed E-state index contributed by atoms with van der Waals surface area (Å²) >= 11 is 0. The van der Waals surface area contributed by atoms with Gasteiger partial charge >= 0.3 is 0 Å². The first-order valence-electron chi connectivity index (χ1n) is 8.41. The molecule has 4 nitrogen and oxygen atoms in total. The molecule has 1 heterocycles. The van der Waals surface area contributed by atoms with Crippen molar-refractivity contribution in [3.8, 4) is 39.7 Å². The fourth-order valence-corrected chi connectivity index (χ4v) is 3.12. The molecule has 4 heteroatoms. The average Bonchev–Trinajstić information content (AvgIpc) is 3.06. The summed E-state index contributed by atoms with van der Waals surface area (Å²) in [6, 6.07) is 27.9. The number of benzene rings is 3. The van der Waals surface area contributed by atoms with Crippen LogP contribution < -0.4 is 10.6 Å². The lowest BCUT2D eigenvalue weighted by atomic mass is 10.1. The van der Waals surface area contributed by atoms with Gasteiger partial charge in [-0.2, -0.15) is 0 Å². The molecule has 4 rings (SSSR count). The summed E-state index contributed by atoms with van der Waals surface area (Å²) in [5.41, 5.74) is 4.61. The Balaban J connectivity index is 2.00. The molecular weight excluding hydrogens is 322 g/mol. The lowest BCUT2D eigenvalue weighted by molar-refractivity contribution is 0.416. The molecule has 2 N–H and O–H groups in total. The highest BCUT2D eigenvalue weighted by Crippen LogP contribution is 2.37. The van der Waals surface area contributed by atoms with Crippen molar-refractivity contribution < 1.29 is 4.74 Å². The summed E-state index contributed by atoms with van der Waals surface area (Å²) in [6.07, 6.45) is 0. The molecule has 128 valence electrons. The largest absolute Gasteiger partial charge is 0.496 e. The van der Waals surface area contributed by atoms with Crippen molar-refractivity contribution >= 4 is 0 Å². The lowest BCUT2D eigenvalue weighted by Gasteiger charge is -2.10. The maximum absolute atomic E-state index is 6.53. The van der Waals surface area contributed by atoms with Gasteiger partial charge < -0.3 is 10.6 Å². The maximum atomic E-state index is 6.53. The van der Waals surface area contributed by atoms with Crippen LogP contribution >= 0.6 is 0 Å². The molecule has 0 bridgehead atoms. The van der Waals surface area contributed by atoms with Crippen molar-refractivity contribution in [3.05, 3.63) is 84.9 Å². The van der Waals surface area contributed by atoms with Gasteiger partial charge in [0.2, 0.25) is 0 Å². The number of ether oxygens (including phenoxy) is 1. The number of nitrogens with zero attached hydrogens (tertiary/aromatic N) is 2. The monoisotopic (exact) mass is 341 g/mol. The first-order chi connectivity index (χ1) is 12.8. The number of aromatic nitrogens is 2. The molecule has 3 aromatic carbocycles. The minimum Gasteiger partial charge on any atom is -0.496 e. The lowest BCUT2D eigenvalue weighted by Crippen LogP contribution is -2.12. The summed E-state index contributed by atoms with van der Waals surface area (Å²) in [5, 5.41) is 0. The molecule has 0 radical (unpaired) electrons. The molecule has 0 aliphatic carbocycles. The minimum atomic E-state index is 0.667. The van der Waals surface area contributed by atoms with E-state index in [9.17, 15) is 0 Å². The number of hydrogen-bond acceptors (Lipinski definition) is 3. The van der Waals surface area contributed by atoms with Crippen molar-refractivity contribution in [2.75, 3.05) is 13.0 Å². The topological polar surface area (TPSA) is 53.1 Å². The van der Waals surface area contributed by atoms with Crippen LogP contribution in [0.25, 0.3) is 33.9 Å². The van der Waals surface area contributed by atoms with E-state index in [1.807, 2.05) is 84.9 Å². The van der Waals surface area contributed by atoms with E-state index in [2.05, 4.69) is 0 Å². The summed E-state index contributed by atoms with van der Waals surface area (Å²) in [6.45, 7) is 0. The van der Waals surface area contributed by atoms with E-state index in [-0.39, 0.29) is 0 Å². The second-order valence-corrected chi connectivity index (χ2v) is 5.93. The Morgan fingerprint density at radius 2 is 1.35 bits per heavy atom. The van der Waals surface area contributed by atoms with Gasteiger partial charge in [-0.05, 0) is 12.1 Å². The van der Waals surface area contributed by atoms with E-state index in [4.69, 9.17) is 15.6 Å². The Kier molecular flexibility index (Phi) is 4.15. The van der Waals surface area contributed by atoms with Crippen LogP contribution in [0.4, 0.5) is 0 Å². The summed E-state index contributed by atoms with van der Waals surface area (Å²) < 4.78 is 7.15. The van der Waals surface area contributed by atoms with Crippen LogP contribution in [0.15, 0.2) is 84.9 Å². The number of rotatable bonds is 4. The van der Waals surface area contributed by atoms with Gasteiger partial charge in [0.25, 0.3) is 0 Å². The zero-order chi connectivity index (χ0) is 17.9. The fourth-order valence-electron chi connectivity index (χ4n) is 3.12. The number of hydrogen-bond donors (Lipinski definition) is 1. The molecule has 0 atom stereocenters. The molecular formula is C22H19N3O. The van der Waals surface area contributed by atoms with Crippen LogP contribution in [0, 0.1) is 0 Å². The van der Waals surface area contributed by atoms with Gasteiger partial charge in [-0.15, -0.1) is 0 Å². The molecule has 0 aliphatic heterocycles. The van der Waals surface area contributed by atoms with E-state index >= 15 is 0 Å². The van der Waals surface area contributed by atoms with E-state index in [0.717, 1.165) is 33.8 Å². The normalized spacial score (nSPS) is 10.7. The third-order valence-corrected chi connectivity index (χ3v) is 4.35. The molecule has 0 saturated heterocycles. The smallest absolute Gasteiger partial charge is 0.163 e. The van der Waals surface area contributed by atoms with Crippen LogP contribution in [-0.4, -0.2) is 16.8 Å². The predicted molar refractivity (Wildman–Crippen MR) is 105 cm³/mol. The minimum absolute atomic E-state index is 0.667. The maximum Gasteiger partial charge on any atom is 0.163 e. The SMILES string of the molecule is COc1ccccc1-c1nc(-c2ccccc2)c(-c2ccccc2)n1N. The van der Waals surface area contributed by atoms with Gasteiger partial charge in [-0.1, -0.05) is 72.8 Å². The molecule has 0 amide bonds. The molecule has 0 unspecified atom stereocenters. The molecule has 0 aliphatic rings.